The highest BCUT2D eigenvalue weighted by Crippen LogP contribution is 2.33. The Balaban J connectivity index is 0.000000468. The van der Waals surface area contributed by atoms with Crippen LogP contribution in [0.1, 0.15) is 50.5 Å². The lowest BCUT2D eigenvalue weighted by atomic mass is 9.80. The summed E-state index contributed by atoms with van der Waals surface area (Å²) in [5.41, 5.74) is 3.89. The molecule has 132 valence electrons. The van der Waals surface area contributed by atoms with Gasteiger partial charge in [-0.05, 0) is 48.6 Å². The van der Waals surface area contributed by atoms with Crippen molar-refractivity contribution in [2.24, 2.45) is 17.6 Å². The summed E-state index contributed by atoms with van der Waals surface area (Å²) in [7, 11) is 0. The van der Waals surface area contributed by atoms with E-state index in [2.05, 4.69) is 34.6 Å². The second-order valence-corrected chi connectivity index (χ2v) is 6.48. The quantitative estimate of drug-likeness (QED) is 0.595. The Morgan fingerprint density at radius 1 is 1.13 bits per heavy atom. The maximum atomic E-state index is 12.5. The fourth-order valence-corrected chi connectivity index (χ4v) is 1.75. The summed E-state index contributed by atoms with van der Waals surface area (Å²) in [6.45, 7) is 10.8. The maximum absolute atomic E-state index is 12.5. The highest BCUT2D eigenvalue weighted by Gasteiger charge is 2.35. The van der Waals surface area contributed by atoms with Crippen LogP contribution < -0.4 is 5.73 Å². The Labute approximate surface area is 139 Å². The number of benzene rings is 1. The molecule has 0 spiro atoms. The van der Waals surface area contributed by atoms with Gasteiger partial charge in [-0.1, -0.05) is 27.7 Å². The van der Waals surface area contributed by atoms with E-state index >= 15 is 0 Å². The van der Waals surface area contributed by atoms with Crippen LogP contribution in [0.25, 0.3) is 0 Å². The first-order chi connectivity index (χ1) is 10.2. The molecule has 1 aromatic carbocycles. The van der Waals surface area contributed by atoms with Crippen LogP contribution in [0.2, 0.25) is 0 Å². The van der Waals surface area contributed by atoms with Gasteiger partial charge in [0.05, 0.1) is 5.56 Å². The Morgan fingerprint density at radius 2 is 1.57 bits per heavy atom. The Bertz CT molecular complexity index is 529. The number of rotatable bonds is 3. The van der Waals surface area contributed by atoms with Crippen molar-refractivity contribution in [3.63, 3.8) is 0 Å². The minimum atomic E-state index is -4.79. The zero-order chi connectivity index (χ0) is 18.6. The summed E-state index contributed by atoms with van der Waals surface area (Å²) in [5.74, 6) is 0.0639. The Morgan fingerprint density at radius 3 is 1.83 bits per heavy atom. The van der Waals surface area contributed by atoms with E-state index in [0.717, 1.165) is 6.07 Å². The topological polar surface area (TPSA) is 43.1 Å². The lowest BCUT2D eigenvalue weighted by Gasteiger charge is -2.33. The SMILES string of the molecule is CC(C)C(C)(N)C(C)C.O=C(Cl)c1ccc(F)cc1C(F)(F)F. The van der Waals surface area contributed by atoms with Gasteiger partial charge in [-0.3, -0.25) is 4.79 Å². The van der Waals surface area contributed by atoms with E-state index in [0.29, 0.717) is 17.9 Å². The molecule has 23 heavy (non-hydrogen) atoms. The van der Waals surface area contributed by atoms with E-state index in [9.17, 15) is 22.4 Å². The fraction of sp³-hybridized carbons (Fsp3) is 0.562. The summed E-state index contributed by atoms with van der Waals surface area (Å²) < 4.78 is 49.1. The molecule has 0 aromatic heterocycles. The summed E-state index contributed by atoms with van der Waals surface area (Å²) in [5, 5.41) is -1.27. The Kier molecular flexibility index (Phi) is 7.70. The molecule has 0 radical (unpaired) electrons. The van der Waals surface area contributed by atoms with Crippen LogP contribution in [-0.2, 0) is 6.18 Å². The molecule has 0 bridgehead atoms. The normalized spacial score (nSPS) is 12.2. The average molecular weight is 356 g/mol. The van der Waals surface area contributed by atoms with Gasteiger partial charge >= 0.3 is 6.18 Å². The molecule has 0 atom stereocenters. The van der Waals surface area contributed by atoms with Gasteiger partial charge in [0.25, 0.3) is 5.24 Å². The number of halogens is 5. The molecule has 0 unspecified atom stereocenters. The van der Waals surface area contributed by atoms with Crippen molar-refractivity contribution in [1.82, 2.24) is 0 Å². The van der Waals surface area contributed by atoms with Crippen molar-refractivity contribution in [2.75, 3.05) is 0 Å². The molecule has 1 rings (SSSR count). The molecule has 2 nitrogen and oxygen atoms in total. The number of carbonyl (C=O) groups is 1. The molecular formula is C16H22ClF4NO. The highest BCUT2D eigenvalue weighted by atomic mass is 35.5. The van der Waals surface area contributed by atoms with Crippen LogP contribution in [0, 0.1) is 17.7 Å². The van der Waals surface area contributed by atoms with Crippen molar-refractivity contribution >= 4 is 16.8 Å². The number of nitrogens with two attached hydrogens (primary N) is 1. The molecule has 0 saturated heterocycles. The van der Waals surface area contributed by atoms with Gasteiger partial charge in [0, 0.05) is 11.1 Å². The lowest BCUT2D eigenvalue weighted by molar-refractivity contribution is -0.138. The standard InChI is InChI=1S/C8H3ClF4O.C8H19N/c9-7(14)5-2-1-4(10)3-6(5)8(11,12)13;1-6(2)8(5,9)7(3)4/h1-3H;6-7H,9H2,1-5H3. The van der Waals surface area contributed by atoms with E-state index in [1.54, 1.807) is 0 Å². The molecule has 1 aromatic rings. The van der Waals surface area contributed by atoms with Gasteiger partial charge in [-0.15, -0.1) is 0 Å². The molecule has 0 aliphatic carbocycles. The summed E-state index contributed by atoms with van der Waals surface area (Å²) in [6.07, 6.45) is -4.79. The first kappa shape index (κ1) is 21.9. The van der Waals surface area contributed by atoms with Crippen LogP contribution in [0.15, 0.2) is 18.2 Å². The highest BCUT2D eigenvalue weighted by molar-refractivity contribution is 6.67. The first-order valence-electron chi connectivity index (χ1n) is 7.06. The van der Waals surface area contributed by atoms with Gasteiger partial charge in [-0.25, -0.2) is 4.39 Å². The van der Waals surface area contributed by atoms with Crippen LogP contribution in [0.4, 0.5) is 17.6 Å². The van der Waals surface area contributed by atoms with E-state index in [-0.39, 0.29) is 11.6 Å². The monoisotopic (exact) mass is 355 g/mol. The molecule has 0 aliphatic heterocycles. The predicted molar refractivity (Wildman–Crippen MR) is 83.9 cm³/mol. The van der Waals surface area contributed by atoms with Crippen molar-refractivity contribution < 1.29 is 22.4 Å². The second-order valence-electron chi connectivity index (χ2n) is 6.14. The van der Waals surface area contributed by atoms with Gasteiger partial charge < -0.3 is 5.73 Å². The summed E-state index contributed by atoms with van der Waals surface area (Å²) in [6, 6.07) is 1.67. The van der Waals surface area contributed by atoms with E-state index < -0.39 is 28.4 Å². The molecular weight excluding hydrogens is 334 g/mol. The van der Waals surface area contributed by atoms with Crippen molar-refractivity contribution in [3.8, 4) is 0 Å². The third-order valence-electron chi connectivity index (χ3n) is 3.99. The Hall–Kier alpha value is -1.14. The van der Waals surface area contributed by atoms with Gasteiger partial charge in [0.15, 0.2) is 0 Å². The van der Waals surface area contributed by atoms with Crippen LogP contribution in [-0.4, -0.2) is 10.8 Å². The minimum Gasteiger partial charge on any atom is -0.325 e. The summed E-state index contributed by atoms with van der Waals surface area (Å²) in [4.78, 5) is 10.6. The lowest BCUT2D eigenvalue weighted by Crippen LogP contribution is -2.46. The summed E-state index contributed by atoms with van der Waals surface area (Å²) >= 11 is 4.91. The van der Waals surface area contributed by atoms with Gasteiger partial charge in [0.2, 0.25) is 0 Å². The molecule has 0 saturated carbocycles. The predicted octanol–water partition coefficient (Wildman–Crippen LogP) is 5.24. The molecule has 7 heteroatoms. The van der Waals surface area contributed by atoms with Crippen molar-refractivity contribution in [3.05, 3.63) is 35.1 Å². The van der Waals surface area contributed by atoms with Crippen molar-refractivity contribution in [2.45, 2.75) is 46.3 Å². The molecule has 0 amide bonds. The molecule has 2 N–H and O–H groups in total. The molecule has 0 aliphatic rings. The largest absolute Gasteiger partial charge is 0.417 e. The third kappa shape index (κ3) is 6.47. The van der Waals surface area contributed by atoms with Crippen LogP contribution in [0.5, 0.6) is 0 Å². The molecule has 0 heterocycles. The zero-order valence-corrected chi connectivity index (χ0v) is 14.5. The van der Waals surface area contributed by atoms with E-state index in [4.69, 9.17) is 17.3 Å². The minimum absolute atomic E-state index is 0.000000000000000222. The maximum Gasteiger partial charge on any atom is 0.417 e. The average Bonchev–Trinajstić information content (AvgIpc) is 2.37. The zero-order valence-electron chi connectivity index (χ0n) is 13.8. The first-order valence-corrected chi connectivity index (χ1v) is 7.44. The number of hydrogen-bond donors (Lipinski definition) is 1. The third-order valence-corrected chi connectivity index (χ3v) is 4.19. The van der Waals surface area contributed by atoms with Crippen LogP contribution >= 0.6 is 11.6 Å². The fourth-order valence-electron chi connectivity index (χ4n) is 1.59. The van der Waals surface area contributed by atoms with Crippen LogP contribution in [0.3, 0.4) is 0 Å². The smallest absolute Gasteiger partial charge is 0.325 e. The molecule has 0 fully saturated rings. The number of hydrogen-bond acceptors (Lipinski definition) is 2. The number of alkyl halides is 3. The van der Waals surface area contributed by atoms with Gasteiger partial charge in [-0.2, -0.15) is 13.2 Å². The van der Waals surface area contributed by atoms with Gasteiger partial charge in [0.1, 0.15) is 5.82 Å². The van der Waals surface area contributed by atoms with E-state index in [1.807, 2.05) is 0 Å². The second kappa shape index (κ2) is 8.11. The van der Waals surface area contributed by atoms with Crippen molar-refractivity contribution in [1.29, 1.82) is 0 Å². The number of carbonyl (C=O) groups excluding carboxylic acids is 1. The van der Waals surface area contributed by atoms with E-state index in [1.165, 1.54) is 0 Å².